The molecule has 1 aromatic rings. The summed E-state index contributed by atoms with van der Waals surface area (Å²) in [6.07, 6.45) is 0. The van der Waals surface area contributed by atoms with Crippen LogP contribution in [0.5, 0.6) is 0 Å². The molecule has 0 fully saturated rings. The fourth-order valence-electron chi connectivity index (χ4n) is 1.07. The first kappa shape index (κ1) is 12.4. The fourth-order valence-corrected chi connectivity index (χ4v) is 1.85. The van der Waals surface area contributed by atoms with Crippen LogP contribution in [-0.4, -0.2) is 22.7 Å². The van der Waals surface area contributed by atoms with Gasteiger partial charge in [-0.05, 0) is 30.2 Å². The maximum absolute atomic E-state index is 12.1. The van der Waals surface area contributed by atoms with E-state index in [0.717, 1.165) is 0 Å². The Morgan fingerprint density at radius 1 is 1.27 bits per heavy atom. The smallest absolute Gasteiger partial charge is 0.423 e. The summed E-state index contributed by atoms with van der Waals surface area (Å²) in [6.45, 7) is 1.63. The van der Waals surface area contributed by atoms with Gasteiger partial charge in [-0.2, -0.15) is 13.2 Å². The van der Waals surface area contributed by atoms with Gasteiger partial charge in [0.15, 0.2) is 0 Å². The minimum absolute atomic E-state index is 0.136. The van der Waals surface area contributed by atoms with Gasteiger partial charge in [0.1, 0.15) is 0 Å². The summed E-state index contributed by atoms with van der Waals surface area (Å²) in [5.74, 6) is 0. The van der Waals surface area contributed by atoms with E-state index in [0.29, 0.717) is 5.56 Å². The highest BCUT2D eigenvalue weighted by Crippen LogP contribution is 2.36. The Morgan fingerprint density at radius 2 is 1.87 bits per heavy atom. The Hall–Kier alpha value is -0.655. The van der Waals surface area contributed by atoms with Crippen LogP contribution in [0.15, 0.2) is 23.1 Å². The largest absolute Gasteiger partial charge is 0.489 e. The summed E-state index contributed by atoms with van der Waals surface area (Å²) in [5.41, 5.74) is -3.94. The minimum Gasteiger partial charge on any atom is -0.423 e. The number of alkyl halides is 3. The van der Waals surface area contributed by atoms with Gasteiger partial charge >= 0.3 is 12.6 Å². The van der Waals surface area contributed by atoms with Crippen molar-refractivity contribution < 1.29 is 23.2 Å². The summed E-state index contributed by atoms with van der Waals surface area (Å²) >= 11 is -0.350. The molecule has 15 heavy (non-hydrogen) atoms. The van der Waals surface area contributed by atoms with Crippen LogP contribution in [0, 0.1) is 6.92 Å². The molecule has 2 nitrogen and oxygen atoms in total. The van der Waals surface area contributed by atoms with E-state index in [1.807, 2.05) is 0 Å². The highest BCUT2D eigenvalue weighted by molar-refractivity contribution is 8.00. The van der Waals surface area contributed by atoms with E-state index in [1.165, 1.54) is 18.2 Å². The van der Waals surface area contributed by atoms with Gasteiger partial charge in [-0.25, -0.2) is 0 Å². The normalized spacial score (nSPS) is 11.6. The number of benzene rings is 1. The first-order valence-corrected chi connectivity index (χ1v) is 4.83. The zero-order valence-electron chi connectivity index (χ0n) is 7.75. The van der Waals surface area contributed by atoms with Gasteiger partial charge in [-0.1, -0.05) is 17.7 Å². The third-order valence-electron chi connectivity index (χ3n) is 1.67. The fraction of sp³-hybridized carbons (Fsp3) is 0.250. The molecule has 0 saturated heterocycles. The zero-order valence-corrected chi connectivity index (χ0v) is 8.56. The Balaban J connectivity index is 3.08. The highest BCUT2D eigenvalue weighted by atomic mass is 32.2. The molecule has 0 aliphatic heterocycles. The Bertz CT molecular complexity index is 354. The molecule has 0 heterocycles. The molecule has 0 bridgehead atoms. The second kappa shape index (κ2) is 4.46. The van der Waals surface area contributed by atoms with Crippen LogP contribution in [0.2, 0.25) is 0 Å². The molecule has 0 aliphatic rings. The van der Waals surface area contributed by atoms with Crippen molar-refractivity contribution >= 4 is 24.3 Å². The zero-order chi connectivity index (χ0) is 11.6. The van der Waals surface area contributed by atoms with Crippen LogP contribution in [0.3, 0.4) is 0 Å². The lowest BCUT2D eigenvalue weighted by molar-refractivity contribution is -0.0327. The van der Waals surface area contributed by atoms with E-state index in [-0.39, 0.29) is 22.1 Å². The quantitative estimate of drug-likeness (QED) is 0.600. The van der Waals surface area contributed by atoms with Crippen molar-refractivity contribution in [2.75, 3.05) is 0 Å². The second-order valence-electron chi connectivity index (χ2n) is 2.96. The molecule has 0 aliphatic carbocycles. The van der Waals surface area contributed by atoms with Gasteiger partial charge in [0.05, 0.1) is 0 Å². The number of hydrogen-bond donors (Lipinski definition) is 2. The molecule has 1 rings (SSSR count). The maximum Gasteiger partial charge on any atom is 0.489 e. The second-order valence-corrected chi connectivity index (χ2v) is 4.07. The molecular formula is C8H8BF3O2S. The molecule has 0 radical (unpaired) electrons. The standard InChI is InChI=1S/C8H8BF3O2S/c1-5-2-3-6(9(13)14)7(4-5)15-8(10,11)12/h2-4,13-14H,1H3. The van der Waals surface area contributed by atoms with E-state index >= 15 is 0 Å². The van der Waals surface area contributed by atoms with E-state index in [1.54, 1.807) is 6.92 Å². The van der Waals surface area contributed by atoms with Crippen molar-refractivity contribution in [3.05, 3.63) is 23.8 Å². The predicted octanol–water partition coefficient (Wildman–Crippen LogP) is 1.29. The van der Waals surface area contributed by atoms with E-state index < -0.39 is 12.6 Å². The van der Waals surface area contributed by atoms with E-state index in [4.69, 9.17) is 10.0 Å². The lowest BCUT2D eigenvalue weighted by Crippen LogP contribution is -2.32. The average molecular weight is 236 g/mol. The Labute approximate surface area is 89.3 Å². The molecule has 0 amide bonds. The van der Waals surface area contributed by atoms with Crippen molar-refractivity contribution in [2.45, 2.75) is 17.3 Å². The molecule has 0 aromatic heterocycles. The molecular weight excluding hydrogens is 228 g/mol. The first-order valence-electron chi connectivity index (χ1n) is 4.02. The van der Waals surface area contributed by atoms with Crippen LogP contribution in [-0.2, 0) is 0 Å². The number of thioether (sulfide) groups is 1. The molecule has 82 valence electrons. The number of halogens is 3. The third kappa shape index (κ3) is 3.77. The third-order valence-corrected chi connectivity index (χ3v) is 2.48. The van der Waals surface area contributed by atoms with Crippen LogP contribution in [0.1, 0.15) is 5.56 Å². The van der Waals surface area contributed by atoms with Crippen molar-refractivity contribution in [2.24, 2.45) is 0 Å². The summed E-state index contributed by atoms with van der Waals surface area (Å²) in [4.78, 5) is -0.183. The van der Waals surface area contributed by atoms with Gasteiger partial charge in [0.25, 0.3) is 0 Å². The van der Waals surface area contributed by atoms with E-state index in [2.05, 4.69) is 0 Å². The number of rotatable bonds is 2. The lowest BCUT2D eigenvalue weighted by Gasteiger charge is -2.11. The van der Waals surface area contributed by atoms with Crippen LogP contribution in [0.25, 0.3) is 0 Å². The Morgan fingerprint density at radius 3 is 2.33 bits per heavy atom. The van der Waals surface area contributed by atoms with Crippen LogP contribution >= 0.6 is 11.8 Å². The van der Waals surface area contributed by atoms with Gasteiger partial charge in [0, 0.05) is 4.90 Å². The van der Waals surface area contributed by atoms with Crippen LogP contribution in [0.4, 0.5) is 13.2 Å². The van der Waals surface area contributed by atoms with Gasteiger partial charge in [0.2, 0.25) is 0 Å². The number of aryl methyl sites for hydroxylation is 1. The maximum atomic E-state index is 12.1. The molecule has 0 unspecified atom stereocenters. The summed E-state index contributed by atoms with van der Waals surface area (Å²) in [5, 5.41) is 17.7. The molecule has 0 atom stereocenters. The van der Waals surface area contributed by atoms with Gasteiger partial charge in [-0.15, -0.1) is 0 Å². The molecule has 1 aromatic carbocycles. The van der Waals surface area contributed by atoms with Crippen molar-refractivity contribution in [1.82, 2.24) is 0 Å². The molecule has 2 N–H and O–H groups in total. The monoisotopic (exact) mass is 236 g/mol. The number of hydrogen-bond acceptors (Lipinski definition) is 3. The summed E-state index contributed by atoms with van der Waals surface area (Å²) in [6, 6.07) is 4.07. The highest BCUT2D eigenvalue weighted by Gasteiger charge is 2.32. The predicted molar refractivity (Wildman–Crippen MR) is 52.9 cm³/mol. The van der Waals surface area contributed by atoms with Gasteiger partial charge < -0.3 is 10.0 Å². The Kier molecular flexibility index (Phi) is 3.69. The van der Waals surface area contributed by atoms with Crippen molar-refractivity contribution in [1.29, 1.82) is 0 Å². The summed E-state index contributed by atoms with van der Waals surface area (Å²) < 4.78 is 36.3. The first-order chi connectivity index (χ1) is 6.79. The van der Waals surface area contributed by atoms with Gasteiger partial charge in [-0.3, -0.25) is 0 Å². The van der Waals surface area contributed by atoms with Crippen molar-refractivity contribution in [3.63, 3.8) is 0 Å². The SMILES string of the molecule is Cc1ccc(B(O)O)c(SC(F)(F)F)c1. The lowest BCUT2D eigenvalue weighted by atomic mass is 9.80. The molecule has 0 spiro atoms. The summed E-state index contributed by atoms with van der Waals surface area (Å²) in [7, 11) is -1.89. The van der Waals surface area contributed by atoms with Crippen molar-refractivity contribution in [3.8, 4) is 0 Å². The topological polar surface area (TPSA) is 40.5 Å². The molecule has 7 heteroatoms. The average Bonchev–Trinajstić information content (AvgIpc) is 1.99. The minimum atomic E-state index is -4.43. The van der Waals surface area contributed by atoms with Crippen LogP contribution < -0.4 is 5.46 Å². The molecule has 0 saturated carbocycles. The van der Waals surface area contributed by atoms with E-state index in [9.17, 15) is 13.2 Å².